The van der Waals surface area contributed by atoms with Gasteiger partial charge in [-0.05, 0) is 67.5 Å². The first-order chi connectivity index (χ1) is 14.2. The summed E-state index contributed by atoms with van der Waals surface area (Å²) >= 11 is 0. The summed E-state index contributed by atoms with van der Waals surface area (Å²) in [5.41, 5.74) is 1.71. The Hall–Kier alpha value is -1.35. The Balaban J connectivity index is 0.00000480. The molecule has 0 aliphatic rings. The van der Waals surface area contributed by atoms with Gasteiger partial charge in [-0.1, -0.05) is 43.3 Å². The molecule has 3 atom stereocenters. The van der Waals surface area contributed by atoms with Gasteiger partial charge in [-0.2, -0.15) is 0 Å². The maximum absolute atomic E-state index is 11.9. The number of hydrogen-bond acceptors (Lipinski definition) is 6. The standard InChI is InChI=1S/C23H30O6S.Na/c1-3-17(18-8-12-20(24)13-9-18)16-22(30(26,27)28)6-5-7-23(29-4-2)19-10-14-21(25)15-11-19;/h5,7-15,17,22-25H,3-4,6,16H2,1-2H3,(H,26,27,28);/q;+1/p-1/b7-5+;/t17-,22-,23+;/m0./s1. The summed E-state index contributed by atoms with van der Waals surface area (Å²) in [7, 11) is -4.49. The molecule has 0 amide bonds. The first-order valence-corrected chi connectivity index (χ1v) is 11.5. The van der Waals surface area contributed by atoms with Gasteiger partial charge in [-0.3, -0.25) is 0 Å². The average Bonchev–Trinajstić information content (AvgIpc) is 2.70. The zero-order chi connectivity index (χ0) is 22.1. The Bertz CT molecular complexity index is 910. The molecule has 0 saturated carbocycles. The first-order valence-electron chi connectivity index (χ1n) is 10.0. The molecular weight excluding hydrogens is 427 g/mol. The van der Waals surface area contributed by atoms with Gasteiger partial charge in [0.05, 0.1) is 15.4 Å². The van der Waals surface area contributed by atoms with E-state index in [9.17, 15) is 23.2 Å². The van der Waals surface area contributed by atoms with Crippen LogP contribution in [0.1, 0.15) is 56.3 Å². The Morgan fingerprint density at radius 2 is 1.48 bits per heavy atom. The van der Waals surface area contributed by atoms with E-state index in [0.717, 1.165) is 11.1 Å². The van der Waals surface area contributed by atoms with E-state index in [-0.39, 0.29) is 59.8 Å². The van der Waals surface area contributed by atoms with E-state index in [1.54, 1.807) is 60.7 Å². The van der Waals surface area contributed by atoms with Crippen molar-refractivity contribution in [2.24, 2.45) is 0 Å². The molecule has 2 aromatic carbocycles. The Morgan fingerprint density at radius 1 is 0.968 bits per heavy atom. The van der Waals surface area contributed by atoms with E-state index in [4.69, 9.17) is 4.74 Å². The van der Waals surface area contributed by atoms with Gasteiger partial charge in [-0.25, -0.2) is 8.42 Å². The maximum atomic E-state index is 11.9. The molecule has 0 aliphatic carbocycles. The molecule has 0 spiro atoms. The summed E-state index contributed by atoms with van der Waals surface area (Å²) in [4.78, 5) is 0. The smallest absolute Gasteiger partial charge is 0.748 e. The van der Waals surface area contributed by atoms with Crippen molar-refractivity contribution in [1.29, 1.82) is 0 Å². The third-order valence-electron chi connectivity index (χ3n) is 5.09. The molecule has 0 aromatic heterocycles. The van der Waals surface area contributed by atoms with Crippen LogP contribution in [-0.2, 0) is 14.9 Å². The molecular formula is C23H29NaO6S. The molecule has 0 bridgehead atoms. The molecule has 8 heteroatoms. The molecule has 0 unspecified atom stereocenters. The SMILES string of the molecule is CCO[C@H](/C=C/C[C@@H](C[C@H](CC)c1ccc(O)cc1)S(=O)(=O)[O-])c1ccc(O)cc1.[Na+]. The van der Waals surface area contributed by atoms with Gasteiger partial charge in [0.15, 0.2) is 0 Å². The van der Waals surface area contributed by atoms with Crippen LogP contribution in [0.2, 0.25) is 0 Å². The quantitative estimate of drug-likeness (QED) is 0.302. The van der Waals surface area contributed by atoms with E-state index in [1.807, 2.05) is 13.8 Å². The van der Waals surface area contributed by atoms with Gasteiger partial charge >= 0.3 is 29.6 Å². The van der Waals surface area contributed by atoms with Gasteiger partial charge < -0.3 is 19.5 Å². The van der Waals surface area contributed by atoms with Crippen LogP contribution in [0.3, 0.4) is 0 Å². The number of rotatable bonds is 11. The van der Waals surface area contributed by atoms with Crippen LogP contribution in [-0.4, -0.2) is 35.0 Å². The van der Waals surface area contributed by atoms with Crippen LogP contribution in [0.25, 0.3) is 0 Å². The van der Waals surface area contributed by atoms with E-state index in [1.165, 1.54) is 0 Å². The molecule has 2 rings (SSSR count). The Morgan fingerprint density at radius 3 is 1.94 bits per heavy atom. The zero-order valence-electron chi connectivity index (χ0n) is 18.3. The fraction of sp³-hybridized carbons (Fsp3) is 0.391. The van der Waals surface area contributed by atoms with Crippen molar-refractivity contribution in [1.82, 2.24) is 0 Å². The summed E-state index contributed by atoms with van der Waals surface area (Å²) in [5.74, 6) is 0.184. The number of phenols is 2. The molecule has 0 heterocycles. The summed E-state index contributed by atoms with van der Waals surface area (Å²) in [6, 6.07) is 13.2. The van der Waals surface area contributed by atoms with E-state index in [0.29, 0.717) is 13.0 Å². The van der Waals surface area contributed by atoms with E-state index < -0.39 is 21.5 Å². The van der Waals surface area contributed by atoms with Crippen molar-refractivity contribution in [2.45, 2.75) is 50.4 Å². The fourth-order valence-electron chi connectivity index (χ4n) is 3.39. The minimum atomic E-state index is -4.49. The topological polar surface area (TPSA) is 107 Å². The van der Waals surface area contributed by atoms with Crippen molar-refractivity contribution in [3.05, 3.63) is 71.8 Å². The molecule has 31 heavy (non-hydrogen) atoms. The normalized spacial score (nSPS) is 14.7. The third kappa shape index (κ3) is 8.96. The van der Waals surface area contributed by atoms with Crippen LogP contribution in [0.15, 0.2) is 60.7 Å². The second-order valence-electron chi connectivity index (χ2n) is 7.18. The summed E-state index contributed by atoms with van der Waals surface area (Å²) in [5, 5.41) is 17.9. The van der Waals surface area contributed by atoms with Crippen LogP contribution in [0, 0.1) is 0 Å². The van der Waals surface area contributed by atoms with E-state index in [2.05, 4.69) is 0 Å². The number of phenolic OH excluding ortho intramolecular Hbond substituents is 2. The molecule has 0 aliphatic heterocycles. The molecule has 164 valence electrons. The summed E-state index contributed by atoms with van der Waals surface area (Å²) in [6.07, 6.45) is 3.99. The number of benzene rings is 2. The molecule has 0 radical (unpaired) electrons. The number of hydrogen-bond donors (Lipinski definition) is 2. The monoisotopic (exact) mass is 456 g/mol. The summed E-state index contributed by atoms with van der Waals surface area (Å²) < 4.78 is 41.4. The van der Waals surface area contributed by atoms with E-state index >= 15 is 0 Å². The van der Waals surface area contributed by atoms with Gasteiger partial charge in [0.25, 0.3) is 0 Å². The minimum absolute atomic E-state index is 0. The third-order valence-corrected chi connectivity index (χ3v) is 6.29. The number of aromatic hydroxyl groups is 2. The Kier molecular flexibility index (Phi) is 11.8. The maximum Gasteiger partial charge on any atom is 1.00 e. The molecule has 0 saturated heterocycles. The molecule has 2 N–H and O–H groups in total. The van der Waals surface area contributed by atoms with Gasteiger partial charge in [0.2, 0.25) is 0 Å². The zero-order valence-corrected chi connectivity index (χ0v) is 21.1. The number of allylic oxidation sites excluding steroid dienone is 1. The molecule has 0 fully saturated rings. The van der Waals surface area contributed by atoms with Crippen molar-refractivity contribution < 1.29 is 57.5 Å². The van der Waals surface area contributed by atoms with Crippen molar-refractivity contribution in [2.75, 3.05) is 6.61 Å². The van der Waals surface area contributed by atoms with Gasteiger partial charge in [0.1, 0.15) is 17.6 Å². The minimum Gasteiger partial charge on any atom is -0.748 e. The van der Waals surface area contributed by atoms with Crippen LogP contribution in [0.4, 0.5) is 0 Å². The average molecular weight is 457 g/mol. The fourth-order valence-corrected chi connectivity index (χ4v) is 4.21. The second-order valence-corrected chi connectivity index (χ2v) is 8.83. The number of ether oxygens (including phenoxy) is 1. The predicted molar refractivity (Wildman–Crippen MR) is 115 cm³/mol. The van der Waals surface area contributed by atoms with Crippen LogP contribution >= 0.6 is 0 Å². The van der Waals surface area contributed by atoms with Crippen molar-refractivity contribution in [3.63, 3.8) is 0 Å². The summed E-state index contributed by atoms with van der Waals surface area (Å²) in [6.45, 7) is 4.26. The van der Waals surface area contributed by atoms with Crippen molar-refractivity contribution in [3.8, 4) is 11.5 Å². The molecule has 2 aromatic rings. The van der Waals surface area contributed by atoms with Crippen LogP contribution < -0.4 is 29.6 Å². The predicted octanol–water partition coefficient (Wildman–Crippen LogP) is 1.62. The first kappa shape index (κ1) is 27.7. The molecule has 6 nitrogen and oxygen atoms in total. The van der Waals surface area contributed by atoms with Gasteiger partial charge in [0, 0.05) is 6.61 Å². The Labute approximate surface area is 207 Å². The second kappa shape index (κ2) is 13.3. The van der Waals surface area contributed by atoms with Crippen LogP contribution in [0.5, 0.6) is 11.5 Å². The largest absolute Gasteiger partial charge is 1.00 e. The van der Waals surface area contributed by atoms with Crippen molar-refractivity contribution >= 4 is 10.1 Å². The van der Waals surface area contributed by atoms with Gasteiger partial charge in [-0.15, -0.1) is 0 Å².